The number of anilines is 2. The third-order valence-corrected chi connectivity index (χ3v) is 7.27. The molecule has 6 rings (SSSR count). The van der Waals surface area contributed by atoms with Crippen molar-refractivity contribution in [2.75, 3.05) is 23.7 Å². The summed E-state index contributed by atoms with van der Waals surface area (Å²) in [5, 5.41) is 1.60. The topological polar surface area (TPSA) is 94.6 Å². The van der Waals surface area contributed by atoms with Crippen molar-refractivity contribution in [1.82, 2.24) is 0 Å². The van der Waals surface area contributed by atoms with Crippen molar-refractivity contribution in [3.8, 4) is 17.2 Å². The number of amides is 2. The summed E-state index contributed by atoms with van der Waals surface area (Å²) < 4.78 is 16.7. The maximum Gasteiger partial charge on any atom is 0.343 e. The van der Waals surface area contributed by atoms with Crippen molar-refractivity contribution in [2.24, 2.45) is 5.92 Å². The Labute approximate surface area is 242 Å². The first kappa shape index (κ1) is 27.0. The number of esters is 1. The second kappa shape index (κ2) is 11.4. The van der Waals surface area contributed by atoms with Gasteiger partial charge in [-0.3, -0.25) is 14.4 Å². The van der Waals surface area contributed by atoms with Gasteiger partial charge in [0.1, 0.15) is 11.7 Å². The molecule has 4 aromatic rings. The van der Waals surface area contributed by atoms with E-state index in [0.29, 0.717) is 40.6 Å². The van der Waals surface area contributed by atoms with Crippen molar-refractivity contribution in [3.05, 3.63) is 114 Å². The second-order valence-electron chi connectivity index (χ2n) is 9.76. The summed E-state index contributed by atoms with van der Waals surface area (Å²) in [7, 11) is 1.47. The fourth-order valence-corrected chi connectivity index (χ4v) is 5.35. The highest BCUT2D eigenvalue weighted by Crippen LogP contribution is 2.48. The van der Waals surface area contributed by atoms with Gasteiger partial charge in [-0.05, 0) is 73.2 Å². The van der Waals surface area contributed by atoms with Crippen molar-refractivity contribution >= 4 is 29.2 Å². The van der Waals surface area contributed by atoms with E-state index in [2.05, 4.69) is 0 Å². The lowest BCUT2D eigenvalue weighted by atomic mass is 9.90. The number of hydrogen-bond acceptors (Lipinski definition) is 8. The molecule has 0 spiro atoms. The number of fused-ring (bicyclic) bond motifs is 1. The fraction of sp³-hybridized carbons (Fsp3) is 0.182. The molecule has 0 bridgehead atoms. The Morgan fingerprint density at radius 1 is 0.810 bits per heavy atom. The first-order valence-corrected chi connectivity index (χ1v) is 13.6. The van der Waals surface area contributed by atoms with Gasteiger partial charge in [-0.15, -0.1) is 0 Å². The fourth-order valence-electron chi connectivity index (χ4n) is 5.35. The summed E-state index contributed by atoms with van der Waals surface area (Å²) >= 11 is 0. The van der Waals surface area contributed by atoms with Crippen molar-refractivity contribution in [2.45, 2.75) is 19.1 Å². The quantitative estimate of drug-likeness (QED) is 0.160. The molecule has 2 amide bonds. The smallest absolute Gasteiger partial charge is 0.343 e. The molecular weight excluding hydrogens is 536 g/mol. The van der Waals surface area contributed by atoms with Crippen LogP contribution in [-0.2, 0) is 14.4 Å². The zero-order valence-electron chi connectivity index (χ0n) is 23.0. The van der Waals surface area contributed by atoms with E-state index in [4.69, 9.17) is 19.0 Å². The molecule has 2 heterocycles. The predicted molar refractivity (Wildman–Crippen MR) is 155 cm³/mol. The number of carbonyl (C=O) groups is 3. The zero-order chi connectivity index (χ0) is 29.2. The van der Waals surface area contributed by atoms with Crippen LogP contribution >= 0.6 is 0 Å². The lowest BCUT2D eigenvalue weighted by Gasteiger charge is -2.29. The second-order valence-corrected chi connectivity index (χ2v) is 9.76. The molecule has 0 saturated carbocycles. The Bertz CT molecular complexity index is 1610. The third-order valence-electron chi connectivity index (χ3n) is 7.27. The monoisotopic (exact) mass is 564 g/mol. The van der Waals surface area contributed by atoms with Gasteiger partial charge in [0.05, 0.1) is 36.7 Å². The molecule has 2 saturated heterocycles. The van der Waals surface area contributed by atoms with Gasteiger partial charge >= 0.3 is 5.97 Å². The standard InChI is InChI=1S/C33H28N2O7/c1-3-40-25-17-15-23(16-18-25)34-31(36)28-29(35(42-30(28)32(34)37)24-12-8-5-9-13-24)22-14-19-26(27(20-22)39-2)41-33(38)21-10-6-4-7-11-21/h4-20,28-30H,3H2,1-2H3/t28-,29+,30-/m0/s1. The van der Waals surface area contributed by atoms with Crippen molar-refractivity contribution < 1.29 is 33.4 Å². The predicted octanol–water partition coefficient (Wildman–Crippen LogP) is 5.36. The van der Waals surface area contributed by atoms with Crippen molar-refractivity contribution in [1.29, 1.82) is 0 Å². The first-order valence-electron chi connectivity index (χ1n) is 13.6. The number of carbonyl (C=O) groups excluding carboxylic acids is 3. The Kier molecular flexibility index (Phi) is 7.33. The highest BCUT2D eigenvalue weighted by atomic mass is 16.7. The largest absolute Gasteiger partial charge is 0.494 e. The van der Waals surface area contributed by atoms with Crippen LogP contribution in [0.15, 0.2) is 103 Å². The van der Waals surface area contributed by atoms with E-state index in [1.54, 1.807) is 71.8 Å². The van der Waals surface area contributed by atoms with E-state index in [9.17, 15) is 14.4 Å². The average molecular weight is 565 g/mol. The van der Waals surface area contributed by atoms with Gasteiger partial charge in [-0.1, -0.05) is 42.5 Å². The molecule has 0 aliphatic carbocycles. The van der Waals surface area contributed by atoms with Gasteiger partial charge < -0.3 is 14.2 Å². The third kappa shape index (κ3) is 4.84. The molecule has 0 radical (unpaired) electrons. The highest BCUT2D eigenvalue weighted by molar-refractivity contribution is 6.24. The van der Waals surface area contributed by atoms with E-state index >= 15 is 0 Å². The SMILES string of the molecule is CCOc1ccc(N2C(=O)[C@@H]3[C@H](ON(c4ccccc4)[C@@H]3c3ccc(OC(=O)c4ccccc4)c(OC)c3)C2=O)cc1. The lowest BCUT2D eigenvalue weighted by molar-refractivity contribution is -0.126. The van der Waals surface area contributed by atoms with Gasteiger partial charge in [-0.2, -0.15) is 0 Å². The lowest BCUT2D eigenvalue weighted by Crippen LogP contribution is -2.37. The van der Waals surface area contributed by atoms with Crippen LogP contribution in [0, 0.1) is 5.92 Å². The molecule has 2 fully saturated rings. The Hall–Kier alpha value is -5.15. The molecule has 42 heavy (non-hydrogen) atoms. The van der Waals surface area contributed by atoms with Crippen molar-refractivity contribution in [3.63, 3.8) is 0 Å². The number of imide groups is 1. The van der Waals surface area contributed by atoms with E-state index in [0.717, 1.165) is 0 Å². The summed E-state index contributed by atoms with van der Waals surface area (Å²) in [4.78, 5) is 47.7. The van der Waals surface area contributed by atoms with E-state index in [1.165, 1.54) is 12.0 Å². The maximum absolute atomic E-state index is 14.0. The minimum atomic E-state index is -1.03. The number of rotatable bonds is 8. The molecule has 9 heteroatoms. The Balaban J connectivity index is 1.35. The number of hydrogen-bond donors (Lipinski definition) is 0. The summed E-state index contributed by atoms with van der Waals surface area (Å²) in [5.74, 6) is -1.03. The Morgan fingerprint density at radius 3 is 2.17 bits per heavy atom. The summed E-state index contributed by atoms with van der Waals surface area (Å²) in [6.45, 7) is 2.39. The molecule has 0 N–H and O–H groups in total. The number of benzene rings is 4. The number of ether oxygens (including phenoxy) is 3. The average Bonchev–Trinajstić information content (AvgIpc) is 3.54. The van der Waals surface area contributed by atoms with Gasteiger partial charge in [0.2, 0.25) is 5.91 Å². The van der Waals surface area contributed by atoms with Crippen LogP contribution < -0.4 is 24.2 Å². The van der Waals surface area contributed by atoms with Gasteiger partial charge in [-0.25, -0.2) is 14.8 Å². The number of para-hydroxylation sites is 1. The molecular formula is C33H28N2O7. The van der Waals surface area contributed by atoms with E-state index in [1.807, 2.05) is 43.3 Å². The van der Waals surface area contributed by atoms with E-state index < -0.39 is 29.9 Å². The maximum atomic E-state index is 14.0. The zero-order valence-corrected chi connectivity index (χ0v) is 23.0. The molecule has 212 valence electrons. The van der Waals surface area contributed by atoms with Crippen LogP contribution in [0.4, 0.5) is 11.4 Å². The van der Waals surface area contributed by atoms with Gasteiger partial charge in [0.25, 0.3) is 5.91 Å². The number of hydroxylamine groups is 1. The van der Waals surface area contributed by atoms with Gasteiger partial charge in [0, 0.05) is 0 Å². The Morgan fingerprint density at radius 2 is 1.50 bits per heavy atom. The van der Waals surface area contributed by atoms with Crippen LogP contribution in [0.25, 0.3) is 0 Å². The summed E-state index contributed by atoms with van der Waals surface area (Å²) in [6.07, 6.45) is -1.03. The molecule has 9 nitrogen and oxygen atoms in total. The molecule has 4 aromatic carbocycles. The highest BCUT2D eigenvalue weighted by Gasteiger charge is 2.60. The normalized spacial score (nSPS) is 19.5. The van der Waals surface area contributed by atoms with E-state index in [-0.39, 0.29) is 11.7 Å². The first-order chi connectivity index (χ1) is 20.5. The summed E-state index contributed by atoms with van der Waals surface area (Å²) in [5.41, 5.74) is 2.17. The minimum Gasteiger partial charge on any atom is -0.494 e. The van der Waals surface area contributed by atoms with Crippen LogP contribution in [0.2, 0.25) is 0 Å². The molecule has 0 aromatic heterocycles. The van der Waals surface area contributed by atoms with Crippen LogP contribution in [0.5, 0.6) is 17.2 Å². The van der Waals surface area contributed by atoms with Gasteiger partial charge in [0.15, 0.2) is 17.6 Å². The summed E-state index contributed by atoms with van der Waals surface area (Å²) in [6, 6.07) is 29.1. The molecule has 3 atom stereocenters. The number of methoxy groups -OCH3 is 1. The number of nitrogens with zero attached hydrogens (tertiary/aromatic N) is 2. The van der Waals surface area contributed by atoms with Crippen LogP contribution in [-0.4, -0.2) is 37.6 Å². The van der Waals surface area contributed by atoms with Crippen LogP contribution in [0.1, 0.15) is 28.9 Å². The minimum absolute atomic E-state index is 0.224. The molecule has 2 aliphatic heterocycles. The molecule has 2 aliphatic rings. The molecule has 0 unspecified atom stereocenters. The van der Waals surface area contributed by atoms with Crippen LogP contribution in [0.3, 0.4) is 0 Å².